The number of fused-ring (bicyclic) bond motifs is 7. The molecule has 0 unspecified atom stereocenters. The molecule has 15 rings (SSSR count). The number of furan rings is 1. The van der Waals surface area contributed by atoms with Gasteiger partial charge < -0.3 is 18.3 Å². The van der Waals surface area contributed by atoms with Crippen LogP contribution in [0.1, 0.15) is 36.0 Å². The summed E-state index contributed by atoms with van der Waals surface area (Å²) in [5, 5.41) is 8.87. The second-order valence-electron chi connectivity index (χ2n) is 22.4. The van der Waals surface area contributed by atoms with Crippen molar-refractivity contribution in [3.63, 3.8) is 0 Å². The fraction of sp³-hybridized carbons (Fsp3) is 0.0649. The summed E-state index contributed by atoms with van der Waals surface area (Å²) in [6, 6.07) is 97.9. The maximum Gasteiger partial charge on any atom is 0.268 e. The van der Waals surface area contributed by atoms with Crippen molar-refractivity contribution in [2.75, 3.05) is 0 Å². The Morgan fingerprint density at radius 3 is 1.88 bits per heavy atom. The summed E-state index contributed by atoms with van der Waals surface area (Å²) in [7, 11) is -2.86. The fourth-order valence-corrected chi connectivity index (χ4v) is 17.5. The van der Waals surface area contributed by atoms with Gasteiger partial charge in [-0.05, 0) is 96.2 Å². The van der Waals surface area contributed by atoms with E-state index in [1.165, 1.54) is 26.3 Å². The van der Waals surface area contributed by atoms with Gasteiger partial charge in [-0.25, -0.2) is 4.98 Å². The maximum absolute atomic E-state index is 8.89. The van der Waals surface area contributed by atoms with E-state index in [0.717, 1.165) is 71.7 Å². The molecule has 0 aliphatic rings. The van der Waals surface area contributed by atoms with Gasteiger partial charge in [0.25, 0.3) is 6.33 Å². The van der Waals surface area contributed by atoms with Crippen LogP contribution in [0.3, 0.4) is 0 Å². The Morgan fingerprint density at radius 1 is 0.529 bits per heavy atom. The first-order chi connectivity index (χ1) is 42.4. The smallest absolute Gasteiger partial charge is 0.268 e. The van der Waals surface area contributed by atoms with Gasteiger partial charge in [-0.3, -0.25) is 4.57 Å². The molecule has 0 atom stereocenters. The van der Waals surface area contributed by atoms with E-state index in [1.54, 1.807) is 12.3 Å². The number of benzene rings is 11. The van der Waals surface area contributed by atoms with E-state index in [-0.39, 0.29) is 32.0 Å². The van der Waals surface area contributed by atoms with Gasteiger partial charge in [-0.15, -0.1) is 29.7 Å². The molecule has 0 aliphatic carbocycles. The van der Waals surface area contributed by atoms with Crippen LogP contribution in [-0.4, -0.2) is 22.2 Å². The number of para-hydroxylation sites is 5. The van der Waals surface area contributed by atoms with Crippen LogP contribution >= 0.6 is 0 Å². The van der Waals surface area contributed by atoms with E-state index in [1.807, 2.05) is 95.6 Å². The molecule has 0 radical (unpaired) electrons. The largest absolute Gasteiger partial charge is 0.510 e. The maximum atomic E-state index is 8.89. The van der Waals surface area contributed by atoms with Gasteiger partial charge in [-0.2, -0.15) is 18.2 Å². The predicted octanol–water partition coefficient (Wildman–Crippen LogP) is 15.8. The Bertz CT molecular complexity index is 5030. The summed E-state index contributed by atoms with van der Waals surface area (Å²) in [5.74, 6) is 1.37. The Kier molecular flexibility index (Phi) is 12.6. The molecule has 0 amide bonds. The van der Waals surface area contributed by atoms with E-state index < -0.39 is 14.9 Å². The van der Waals surface area contributed by atoms with Crippen molar-refractivity contribution < 1.29 is 38.9 Å². The van der Waals surface area contributed by atoms with Gasteiger partial charge in [0.1, 0.15) is 17.0 Å². The number of aryl methyl sites for hydroxylation is 1. The van der Waals surface area contributed by atoms with Crippen LogP contribution < -0.4 is 30.1 Å². The van der Waals surface area contributed by atoms with Crippen LogP contribution in [0.4, 0.5) is 0 Å². The fourth-order valence-electron chi connectivity index (χ4n) is 12.7. The molecule has 0 bridgehead atoms. The molecule has 6 nitrogen and oxygen atoms in total. The SMILES string of the molecule is [2H]C([2H])([2H])c1cc(-n2c3[c-]c(Oc4[c-]c(-n5[c-][n+](-c6c(-c7cccc([Si](c8ccccc8)(c8ccccc8)c8ccccc8)c7)cccc6C(C)(C)C)c6ccccc65)ccc4)ccc3c3ccccc32)ncc1-c1cccc2oc3ccccc3c12.[Pt]. The molecular weight excluding hydrogens is 1240 g/mol. The summed E-state index contributed by atoms with van der Waals surface area (Å²) < 4.78 is 45.9. The average molecular weight is 1300 g/mol. The zero-order valence-electron chi connectivity index (χ0n) is 49.8. The molecule has 4 heterocycles. The predicted molar refractivity (Wildman–Crippen MR) is 345 cm³/mol. The average Bonchev–Trinajstić information content (AvgIpc) is 1.39. The number of hydrogen-bond acceptors (Lipinski definition) is 3. The molecule has 0 fully saturated rings. The van der Waals surface area contributed by atoms with Crippen LogP contribution in [0.5, 0.6) is 11.5 Å². The van der Waals surface area contributed by atoms with Crippen molar-refractivity contribution in [1.82, 2.24) is 14.1 Å². The minimum Gasteiger partial charge on any atom is -0.510 e. The Hall–Kier alpha value is -9.65. The molecule has 85 heavy (non-hydrogen) atoms. The van der Waals surface area contributed by atoms with Crippen LogP contribution in [-0.2, 0) is 26.5 Å². The van der Waals surface area contributed by atoms with Crippen molar-refractivity contribution in [1.29, 1.82) is 0 Å². The van der Waals surface area contributed by atoms with Gasteiger partial charge in [0, 0.05) is 64.7 Å². The van der Waals surface area contributed by atoms with Gasteiger partial charge in [0.15, 0.2) is 8.07 Å². The second-order valence-corrected chi connectivity index (χ2v) is 26.3. The molecule has 0 spiro atoms. The minimum absolute atomic E-state index is 0. The van der Waals surface area contributed by atoms with Gasteiger partial charge in [-0.1, -0.05) is 233 Å². The van der Waals surface area contributed by atoms with Gasteiger partial charge >= 0.3 is 0 Å². The molecule has 0 saturated carbocycles. The summed E-state index contributed by atoms with van der Waals surface area (Å²) in [6.45, 7) is 4.35. The van der Waals surface area contributed by atoms with Crippen molar-refractivity contribution in [2.24, 2.45) is 0 Å². The zero-order chi connectivity index (χ0) is 59.0. The number of pyridine rings is 1. The number of aromatic nitrogens is 4. The molecule has 8 heteroatoms. The Morgan fingerprint density at radius 2 is 1.14 bits per heavy atom. The molecule has 0 N–H and O–H groups in total. The topological polar surface area (TPSA) is 49.0 Å². The second kappa shape index (κ2) is 21.5. The minimum atomic E-state index is -2.86. The van der Waals surface area contributed by atoms with Gasteiger partial charge in [0.2, 0.25) is 0 Å². The van der Waals surface area contributed by atoms with Crippen molar-refractivity contribution >= 4 is 83.6 Å². The summed E-state index contributed by atoms with van der Waals surface area (Å²) in [4.78, 5) is 5.05. The van der Waals surface area contributed by atoms with E-state index in [9.17, 15) is 0 Å². The van der Waals surface area contributed by atoms with Gasteiger partial charge in [0.05, 0.1) is 16.7 Å². The van der Waals surface area contributed by atoms with E-state index in [2.05, 4.69) is 212 Å². The van der Waals surface area contributed by atoms with Crippen LogP contribution in [0.2, 0.25) is 0 Å². The quantitative estimate of drug-likeness (QED) is 0.0561. The Labute approximate surface area is 514 Å². The first-order valence-corrected chi connectivity index (χ1v) is 30.4. The summed E-state index contributed by atoms with van der Waals surface area (Å²) in [5.41, 5.74) is 11.2. The molecule has 0 saturated heterocycles. The first kappa shape index (κ1) is 49.9. The number of hydrogen-bond donors (Lipinski definition) is 0. The standard InChI is InChI=1S/C77H56N4O2Si.Pt/c1-52-46-74(78-50-66(52)64-37-23-43-73-75(64)65-35-15-19-42-72(65)83-73)81-68-39-16-14-34-62(68)63-45-44-56(49-71(63)81)82-55-26-21-25-54(48-55)79-51-80(70-41-18-17-40-69(70)79)76-61(36-22-38-67(76)77(2,3)4)53-24-20-33-60(47-53)84(57-27-8-5-9-28-57,58-29-10-6-11-30-58)59-31-12-7-13-32-59;/h5-47,50H,1-4H3;/q-2;/i1D3;. The summed E-state index contributed by atoms with van der Waals surface area (Å²) in [6.07, 6.45) is 5.54. The molecule has 15 aromatic rings. The number of ether oxygens (including phenoxy) is 1. The van der Waals surface area contributed by atoms with Crippen LogP contribution in [0.25, 0.3) is 94.2 Å². The van der Waals surface area contributed by atoms with E-state index >= 15 is 0 Å². The Balaban J connectivity index is 0.00000680. The van der Waals surface area contributed by atoms with Crippen molar-refractivity contribution in [3.05, 3.63) is 297 Å². The number of rotatable bonds is 11. The molecule has 0 aliphatic heterocycles. The van der Waals surface area contributed by atoms with Crippen LogP contribution in [0, 0.1) is 25.3 Å². The third kappa shape index (κ3) is 9.05. The monoisotopic (exact) mass is 1290 g/mol. The normalized spacial score (nSPS) is 12.6. The third-order valence-corrected chi connectivity index (χ3v) is 21.2. The van der Waals surface area contributed by atoms with Crippen LogP contribution in [0.15, 0.2) is 271 Å². The first-order valence-electron chi connectivity index (χ1n) is 29.9. The van der Waals surface area contributed by atoms with E-state index in [0.29, 0.717) is 34.0 Å². The van der Waals surface area contributed by atoms with E-state index in [4.69, 9.17) is 18.3 Å². The van der Waals surface area contributed by atoms with Crippen molar-refractivity contribution in [2.45, 2.75) is 33.0 Å². The summed E-state index contributed by atoms with van der Waals surface area (Å²) >= 11 is 0. The third-order valence-electron chi connectivity index (χ3n) is 16.4. The number of nitrogens with zero attached hydrogens (tertiary/aromatic N) is 4. The molecular formula is C77H56N4O2PtSi-2. The molecule has 4 aromatic heterocycles. The van der Waals surface area contributed by atoms with Crippen molar-refractivity contribution in [3.8, 4) is 50.9 Å². The molecule has 412 valence electrons. The zero-order valence-corrected chi connectivity index (χ0v) is 50.1. The number of imidazole rings is 1. The molecule has 11 aromatic carbocycles.